The van der Waals surface area contributed by atoms with Crippen molar-refractivity contribution >= 4 is 11.8 Å². The fourth-order valence-electron chi connectivity index (χ4n) is 2.17. The molecule has 2 atom stereocenters. The molecule has 0 aromatic carbocycles. The molecule has 1 aliphatic heterocycles. The van der Waals surface area contributed by atoms with Crippen LogP contribution in [-0.4, -0.2) is 10.5 Å². The third-order valence-corrected chi connectivity index (χ3v) is 4.84. The number of hydrogen-bond donors (Lipinski definition) is 0. The molecule has 0 aromatic rings. The van der Waals surface area contributed by atoms with E-state index in [2.05, 4.69) is 18.7 Å². The van der Waals surface area contributed by atoms with Crippen molar-refractivity contribution in [3.05, 3.63) is 0 Å². The van der Waals surface area contributed by atoms with Crippen LogP contribution in [0.4, 0.5) is 0 Å². The molecule has 2 fully saturated rings. The summed E-state index contributed by atoms with van der Waals surface area (Å²) in [6.45, 7) is 2.43. The molecule has 0 aromatic heterocycles. The molecule has 2 rings (SSSR count). The molecular formula is C8H14S. The van der Waals surface area contributed by atoms with Gasteiger partial charge in [0.2, 0.25) is 0 Å². The van der Waals surface area contributed by atoms with Gasteiger partial charge in [0.25, 0.3) is 0 Å². The molecule has 0 nitrogen and oxygen atoms in total. The van der Waals surface area contributed by atoms with E-state index in [0.717, 1.165) is 10.7 Å². The molecule has 1 saturated heterocycles. The van der Waals surface area contributed by atoms with Crippen LogP contribution in [0.5, 0.6) is 0 Å². The molecule has 9 heavy (non-hydrogen) atoms. The Kier molecular flexibility index (Phi) is 1.29. The zero-order chi connectivity index (χ0) is 6.32. The van der Waals surface area contributed by atoms with Crippen LogP contribution in [0.2, 0.25) is 0 Å². The van der Waals surface area contributed by atoms with E-state index in [0.29, 0.717) is 0 Å². The van der Waals surface area contributed by atoms with Crippen LogP contribution in [0.3, 0.4) is 0 Å². The van der Waals surface area contributed by atoms with E-state index in [1.807, 2.05) is 0 Å². The highest BCUT2D eigenvalue weighted by Gasteiger charge is 2.45. The first-order chi connectivity index (χ1) is 4.33. The Morgan fingerprint density at radius 3 is 2.44 bits per heavy atom. The molecule has 0 amide bonds. The third kappa shape index (κ3) is 0.739. The minimum Gasteiger partial charge on any atom is -0.155 e. The Morgan fingerprint density at radius 1 is 1.44 bits per heavy atom. The van der Waals surface area contributed by atoms with Crippen molar-refractivity contribution in [1.29, 1.82) is 0 Å². The van der Waals surface area contributed by atoms with Crippen molar-refractivity contribution in [2.45, 2.75) is 37.4 Å². The van der Waals surface area contributed by atoms with Crippen molar-refractivity contribution < 1.29 is 0 Å². The summed E-state index contributed by atoms with van der Waals surface area (Å²) in [5.74, 6) is 2.46. The maximum Gasteiger partial charge on any atom is 0.0193 e. The van der Waals surface area contributed by atoms with E-state index in [4.69, 9.17) is 0 Å². The van der Waals surface area contributed by atoms with E-state index >= 15 is 0 Å². The highest BCUT2D eigenvalue weighted by molar-refractivity contribution is 8.02. The van der Waals surface area contributed by atoms with E-state index in [1.165, 1.54) is 31.4 Å². The van der Waals surface area contributed by atoms with Crippen LogP contribution >= 0.6 is 11.8 Å². The van der Waals surface area contributed by atoms with Crippen molar-refractivity contribution in [3.8, 4) is 0 Å². The van der Waals surface area contributed by atoms with Gasteiger partial charge in [-0.1, -0.05) is 13.3 Å². The lowest BCUT2D eigenvalue weighted by Gasteiger charge is -2.41. The lowest BCUT2D eigenvalue weighted by molar-refractivity contribution is 0.433. The first-order valence-electron chi connectivity index (χ1n) is 3.97. The predicted molar refractivity (Wildman–Crippen MR) is 42.8 cm³/mol. The molecule has 0 radical (unpaired) electrons. The van der Waals surface area contributed by atoms with E-state index in [9.17, 15) is 0 Å². The summed E-state index contributed by atoms with van der Waals surface area (Å²) in [6, 6.07) is 0. The van der Waals surface area contributed by atoms with Crippen LogP contribution in [0, 0.1) is 5.92 Å². The zero-order valence-electron chi connectivity index (χ0n) is 6.02. The minimum atomic E-state index is 0.792. The summed E-state index contributed by atoms with van der Waals surface area (Å²) < 4.78 is 0.792. The molecule has 2 aliphatic rings. The summed E-state index contributed by atoms with van der Waals surface area (Å²) >= 11 is 2.22. The van der Waals surface area contributed by atoms with Gasteiger partial charge in [0.05, 0.1) is 0 Å². The molecule has 1 heteroatoms. The Labute approximate surface area is 61.4 Å². The van der Waals surface area contributed by atoms with Crippen molar-refractivity contribution in [3.63, 3.8) is 0 Å². The summed E-state index contributed by atoms with van der Waals surface area (Å²) in [4.78, 5) is 0. The molecule has 0 bridgehead atoms. The van der Waals surface area contributed by atoms with E-state index < -0.39 is 0 Å². The summed E-state index contributed by atoms with van der Waals surface area (Å²) in [5, 5.41) is 0. The number of hydrogen-bond acceptors (Lipinski definition) is 1. The van der Waals surface area contributed by atoms with Gasteiger partial charge in [-0.05, 0) is 30.9 Å². The maximum atomic E-state index is 2.43. The maximum absolute atomic E-state index is 2.43. The first-order valence-corrected chi connectivity index (χ1v) is 4.96. The second-order valence-corrected chi connectivity index (χ2v) is 4.97. The standard InChI is InChI=1S/C8H14S/c1-7-3-2-4-8(7)5-6-9-8/h7H,2-6H2,1H3. The summed E-state index contributed by atoms with van der Waals surface area (Å²) in [5.41, 5.74) is 0. The minimum absolute atomic E-state index is 0.792. The van der Waals surface area contributed by atoms with Gasteiger partial charge in [0.1, 0.15) is 0 Å². The Morgan fingerprint density at radius 2 is 2.22 bits per heavy atom. The van der Waals surface area contributed by atoms with Gasteiger partial charge in [0.15, 0.2) is 0 Å². The van der Waals surface area contributed by atoms with E-state index in [1.54, 1.807) is 0 Å². The van der Waals surface area contributed by atoms with Gasteiger partial charge >= 0.3 is 0 Å². The fourth-order valence-corrected chi connectivity index (χ4v) is 3.59. The molecule has 1 spiro atoms. The fraction of sp³-hybridized carbons (Fsp3) is 1.00. The van der Waals surface area contributed by atoms with Gasteiger partial charge in [-0.25, -0.2) is 0 Å². The van der Waals surface area contributed by atoms with Crippen LogP contribution < -0.4 is 0 Å². The predicted octanol–water partition coefficient (Wildman–Crippen LogP) is 2.68. The van der Waals surface area contributed by atoms with E-state index in [-0.39, 0.29) is 0 Å². The van der Waals surface area contributed by atoms with Crippen molar-refractivity contribution in [2.24, 2.45) is 5.92 Å². The third-order valence-electron chi connectivity index (χ3n) is 3.05. The summed E-state index contributed by atoms with van der Waals surface area (Å²) in [6.07, 6.45) is 6.01. The van der Waals surface area contributed by atoms with Crippen LogP contribution in [-0.2, 0) is 0 Å². The molecular weight excluding hydrogens is 128 g/mol. The second-order valence-electron chi connectivity index (χ2n) is 3.46. The molecule has 0 N–H and O–H groups in total. The topological polar surface area (TPSA) is 0 Å². The number of thioether (sulfide) groups is 1. The lowest BCUT2D eigenvalue weighted by Crippen LogP contribution is -2.36. The first kappa shape index (κ1) is 6.09. The lowest BCUT2D eigenvalue weighted by atomic mass is 9.93. The Hall–Kier alpha value is 0.350. The quantitative estimate of drug-likeness (QED) is 0.501. The largest absolute Gasteiger partial charge is 0.155 e. The molecule has 1 heterocycles. The number of rotatable bonds is 0. The normalized spacial score (nSPS) is 49.7. The van der Waals surface area contributed by atoms with Gasteiger partial charge < -0.3 is 0 Å². The molecule has 52 valence electrons. The van der Waals surface area contributed by atoms with Crippen LogP contribution in [0.1, 0.15) is 32.6 Å². The zero-order valence-corrected chi connectivity index (χ0v) is 6.84. The van der Waals surface area contributed by atoms with Crippen LogP contribution in [0.25, 0.3) is 0 Å². The molecule has 2 unspecified atom stereocenters. The van der Waals surface area contributed by atoms with Crippen molar-refractivity contribution in [2.75, 3.05) is 5.75 Å². The highest BCUT2D eigenvalue weighted by Crippen LogP contribution is 2.55. The molecule has 1 aliphatic carbocycles. The van der Waals surface area contributed by atoms with Gasteiger partial charge in [-0.15, -0.1) is 0 Å². The Balaban J connectivity index is 2.09. The SMILES string of the molecule is CC1CCCC12CCS2. The summed E-state index contributed by atoms with van der Waals surface area (Å²) in [7, 11) is 0. The van der Waals surface area contributed by atoms with Crippen molar-refractivity contribution in [1.82, 2.24) is 0 Å². The molecule has 1 saturated carbocycles. The smallest absolute Gasteiger partial charge is 0.0193 e. The van der Waals surface area contributed by atoms with Crippen LogP contribution in [0.15, 0.2) is 0 Å². The van der Waals surface area contributed by atoms with Gasteiger partial charge in [-0.3, -0.25) is 0 Å². The highest BCUT2D eigenvalue weighted by atomic mass is 32.2. The average molecular weight is 142 g/mol. The Bertz CT molecular complexity index is 116. The average Bonchev–Trinajstić information content (AvgIpc) is 2.07. The monoisotopic (exact) mass is 142 g/mol. The van der Waals surface area contributed by atoms with Gasteiger partial charge in [0, 0.05) is 4.75 Å². The van der Waals surface area contributed by atoms with Gasteiger partial charge in [-0.2, -0.15) is 11.8 Å². The second kappa shape index (κ2) is 1.91.